The number of amides is 1. The Bertz CT molecular complexity index is 698. The number of carbonyl (C=O) groups excluding carboxylic acids is 1. The summed E-state index contributed by atoms with van der Waals surface area (Å²) in [6.07, 6.45) is 1.10. The Labute approximate surface area is 125 Å². The van der Waals surface area contributed by atoms with Gasteiger partial charge in [-0.05, 0) is 50.3 Å². The van der Waals surface area contributed by atoms with Crippen LogP contribution in [0.5, 0.6) is 0 Å². The highest BCUT2D eigenvalue weighted by Gasteiger charge is 2.39. The quantitative estimate of drug-likeness (QED) is 0.806. The zero-order chi connectivity index (χ0) is 15.9. The largest absolute Gasteiger partial charge is 0.398 e. The molecule has 0 aromatic heterocycles. The molecular weight excluding hydrogens is 290 g/mol. The molecule has 0 spiro atoms. The lowest BCUT2D eigenvalue weighted by Gasteiger charge is -2.24. The minimum atomic E-state index is -3.78. The van der Waals surface area contributed by atoms with Crippen molar-refractivity contribution in [2.45, 2.75) is 44.6 Å². The summed E-state index contributed by atoms with van der Waals surface area (Å²) in [5.41, 5.74) is 13.8. The lowest BCUT2D eigenvalue weighted by Crippen LogP contribution is -2.44. The van der Waals surface area contributed by atoms with Crippen molar-refractivity contribution in [2.24, 2.45) is 5.73 Å². The maximum atomic E-state index is 12.9. The van der Waals surface area contributed by atoms with Crippen LogP contribution in [0.2, 0.25) is 0 Å². The number of aryl methyl sites for hydroxylation is 2. The number of hydrogen-bond acceptors (Lipinski definition) is 4. The fourth-order valence-electron chi connectivity index (χ4n) is 3.01. The first-order valence-electron chi connectivity index (χ1n) is 6.85. The van der Waals surface area contributed by atoms with Gasteiger partial charge in [-0.15, -0.1) is 0 Å². The van der Waals surface area contributed by atoms with E-state index in [1.54, 1.807) is 19.9 Å². The molecule has 0 radical (unpaired) electrons. The molecule has 0 bridgehead atoms. The molecular formula is C14H21N3O3S. The number of sulfonamides is 1. The minimum absolute atomic E-state index is 0.193. The first kappa shape index (κ1) is 15.8. The number of benzene rings is 1. The molecule has 1 unspecified atom stereocenters. The average Bonchev–Trinajstić information content (AvgIpc) is 2.85. The van der Waals surface area contributed by atoms with E-state index in [0.29, 0.717) is 36.2 Å². The zero-order valence-corrected chi connectivity index (χ0v) is 13.3. The standard InChI is InChI=1S/C14H21N3O3S/c1-8-7-9(2)13(10(3)12(8)15)21(19,20)17-6-4-5-11(17)14(16)18/h7,11H,4-6,15H2,1-3H3,(H2,16,18). The molecule has 6 nitrogen and oxygen atoms in total. The number of nitrogens with zero attached hydrogens (tertiary/aromatic N) is 1. The molecule has 0 aliphatic carbocycles. The van der Waals surface area contributed by atoms with Crippen LogP contribution < -0.4 is 11.5 Å². The van der Waals surface area contributed by atoms with Crippen LogP contribution in [0.25, 0.3) is 0 Å². The monoisotopic (exact) mass is 311 g/mol. The van der Waals surface area contributed by atoms with E-state index < -0.39 is 22.0 Å². The van der Waals surface area contributed by atoms with E-state index in [-0.39, 0.29) is 4.90 Å². The van der Waals surface area contributed by atoms with Crippen molar-refractivity contribution >= 4 is 21.6 Å². The van der Waals surface area contributed by atoms with E-state index in [1.807, 2.05) is 6.92 Å². The summed E-state index contributed by atoms with van der Waals surface area (Å²) in [5.74, 6) is -0.605. The maximum absolute atomic E-state index is 12.9. The van der Waals surface area contributed by atoms with E-state index in [2.05, 4.69) is 0 Å². The van der Waals surface area contributed by atoms with Gasteiger partial charge in [0, 0.05) is 12.2 Å². The second kappa shape index (κ2) is 5.31. The number of nitrogen functional groups attached to an aromatic ring is 1. The normalized spacial score (nSPS) is 19.9. The van der Waals surface area contributed by atoms with Crippen LogP contribution in [-0.2, 0) is 14.8 Å². The molecule has 1 aliphatic rings. The van der Waals surface area contributed by atoms with E-state index in [1.165, 1.54) is 4.31 Å². The highest BCUT2D eigenvalue weighted by atomic mass is 32.2. The van der Waals surface area contributed by atoms with Crippen LogP contribution in [0.15, 0.2) is 11.0 Å². The Balaban J connectivity index is 2.60. The van der Waals surface area contributed by atoms with E-state index in [9.17, 15) is 13.2 Å². The molecule has 1 amide bonds. The molecule has 7 heteroatoms. The first-order chi connectivity index (χ1) is 9.67. The lowest BCUT2D eigenvalue weighted by molar-refractivity contribution is -0.121. The first-order valence-corrected chi connectivity index (χ1v) is 8.29. The summed E-state index contributed by atoms with van der Waals surface area (Å²) in [4.78, 5) is 11.7. The number of carbonyl (C=O) groups is 1. The van der Waals surface area contributed by atoms with Gasteiger partial charge < -0.3 is 11.5 Å². The van der Waals surface area contributed by atoms with Crippen molar-refractivity contribution in [1.29, 1.82) is 0 Å². The van der Waals surface area contributed by atoms with Crippen LogP contribution in [-0.4, -0.2) is 31.2 Å². The molecule has 1 aliphatic heterocycles. The van der Waals surface area contributed by atoms with Gasteiger partial charge in [0.05, 0.1) is 4.90 Å². The molecule has 1 aromatic rings. The highest BCUT2D eigenvalue weighted by molar-refractivity contribution is 7.89. The molecule has 116 valence electrons. The molecule has 1 heterocycles. The number of hydrogen-bond donors (Lipinski definition) is 2. The third-order valence-corrected chi connectivity index (χ3v) is 6.26. The molecule has 0 saturated carbocycles. The van der Waals surface area contributed by atoms with Crippen molar-refractivity contribution in [3.63, 3.8) is 0 Å². The maximum Gasteiger partial charge on any atom is 0.244 e. The van der Waals surface area contributed by atoms with Gasteiger partial charge in [0.15, 0.2) is 0 Å². The van der Waals surface area contributed by atoms with Gasteiger partial charge in [0.25, 0.3) is 0 Å². The Hall–Kier alpha value is -1.60. The van der Waals surface area contributed by atoms with Gasteiger partial charge in [-0.25, -0.2) is 8.42 Å². The highest BCUT2D eigenvalue weighted by Crippen LogP contribution is 2.33. The van der Waals surface area contributed by atoms with Crippen LogP contribution >= 0.6 is 0 Å². The topological polar surface area (TPSA) is 106 Å². The minimum Gasteiger partial charge on any atom is -0.398 e. The van der Waals surface area contributed by atoms with Crippen molar-refractivity contribution in [2.75, 3.05) is 12.3 Å². The van der Waals surface area contributed by atoms with Gasteiger partial charge >= 0.3 is 0 Å². The Kier molecular flexibility index (Phi) is 3.99. The summed E-state index contributed by atoms with van der Waals surface area (Å²) in [5, 5.41) is 0. The predicted molar refractivity (Wildman–Crippen MR) is 81.2 cm³/mol. The van der Waals surface area contributed by atoms with Gasteiger partial charge in [-0.3, -0.25) is 4.79 Å². The SMILES string of the molecule is Cc1cc(C)c(S(=O)(=O)N2CCCC2C(N)=O)c(C)c1N. The average molecular weight is 311 g/mol. The lowest BCUT2D eigenvalue weighted by atomic mass is 10.1. The van der Waals surface area contributed by atoms with Crippen molar-refractivity contribution < 1.29 is 13.2 Å². The van der Waals surface area contributed by atoms with Crippen LogP contribution in [0.1, 0.15) is 29.5 Å². The fraction of sp³-hybridized carbons (Fsp3) is 0.500. The Morgan fingerprint density at radius 1 is 1.29 bits per heavy atom. The Morgan fingerprint density at radius 3 is 2.48 bits per heavy atom. The van der Waals surface area contributed by atoms with Crippen molar-refractivity contribution in [3.05, 3.63) is 22.8 Å². The number of anilines is 1. The van der Waals surface area contributed by atoms with Gasteiger partial charge in [-0.2, -0.15) is 4.31 Å². The second-order valence-corrected chi connectivity index (χ2v) is 7.38. The predicted octanol–water partition coefficient (Wildman–Crippen LogP) is 0.832. The second-order valence-electron chi connectivity index (χ2n) is 5.55. The summed E-state index contributed by atoms with van der Waals surface area (Å²) in [6.45, 7) is 5.58. The summed E-state index contributed by atoms with van der Waals surface area (Å²) >= 11 is 0. The summed E-state index contributed by atoms with van der Waals surface area (Å²) in [7, 11) is -3.78. The van der Waals surface area contributed by atoms with Crippen LogP contribution in [0, 0.1) is 20.8 Å². The number of nitrogens with two attached hydrogens (primary N) is 2. The smallest absolute Gasteiger partial charge is 0.244 e. The molecule has 4 N–H and O–H groups in total. The van der Waals surface area contributed by atoms with E-state index in [4.69, 9.17) is 11.5 Å². The number of primary amides is 1. The molecule has 1 atom stereocenters. The van der Waals surface area contributed by atoms with Gasteiger partial charge in [0.2, 0.25) is 15.9 Å². The summed E-state index contributed by atoms with van der Waals surface area (Å²) in [6, 6.07) is 0.987. The number of rotatable bonds is 3. The van der Waals surface area contributed by atoms with Crippen LogP contribution in [0.4, 0.5) is 5.69 Å². The fourth-order valence-corrected chi connectivity index (χ4v) is 5.12. The van der Waals surface area contributed by atoms with Crippen molar-refractivity contribution in [3.8, 4) is 0 Å². The Morgan fingerprint density at radius 2 is 1.90 bits per heavy atom. The molecule has 21 heavy (non-hydrogen) atoms. The van der Waals surface area contributed by atoms with Crippen molar-refractivity contribution in [1.82, 2.24) is 4.31 Å². The third-order valence-electron chi connectivity index (χ3n) is 4.06. The van der Waals surface area contributed by atoms with Gasteiger partial charge in [-0.1, -0.05) is 6.07 Å². The summed E-state index contributed by atoms with van der Waals surface area (Å²) < 4.78 is 27.0. The van der Waals surface area contributed by atoms with Gasteiger partial charge in [0.1, 0.15) is 6.04 Å². The molecule has 1 saturated heterocycles. The molecule has 2 rings (SSSR count). The molecule has 1 fully saturated rings. The van der Waals surface area contributed by atoms with E-state index >= 15 is 0 Å². The van der Waals surface area contributed by atoms with Crippen LogP contribution in [0.3, 0.4) is 0 Å². The molecule has 1 aromatic carbocycles. The zero-order valence-electron chi connectivity index (χ0n) is 12.5. The van der Waals surface area contributed by atoms with E-state index in [0.717, 1.165) is 5.56 Å². The third kappa shape index (κ3) is 2.51.